The van der Waals surface area contributed by atoms with Gasteiger partial charge >= 0.3 is 0 Å². The first-order valence-electron chi connectivity index (χ1n) is 12.1. The highest BCUT2D eigenvalue weighted by molar-refractivity contribution is 7.89. The molecule has 8 heteroatoms. The molecular weight excluding hydrogens is 426 g/mol. The number of hydrogen-bond acceptors (Lipinski definition) is 6. The van der Waals surface area contributed by atoms with Gasteiger partial charge in [0.2, 0.25) is 10.0 Å². The van der Waals surface area contributed by atoms with Crippen molar-refractivity contribution >= 4 is 10.0 Å². The number of para-hydroxylation sites is 1. The van der Waals surface area contributed by atoms with Gasteiger partial charge in [-0.05, 0) is 83.6 Å². The van der Waals surface area contributed by atoms with Gasteiger partial charge in [0.25, 0.3) is 0 Å². The fraction of sp³-hybridized carbons (Fsp3) is 0.750. The van der Waals surface area contributed by atoms with Crippen molar-refractivity contribution in [1.82, 2.24) is 14.9 Å². The van der Waals surface area contributed by atoms with E-state index >= 15 is 0 Å². The largest absolute Gasteiger partial charge is 0.494 e. The highest BCUT2D eigenvalue weighted by Gasteiger charge is 2.31. The van der Waals surface area contributed by atoms with Crippen LogP contribution in [0.3, 0.4) is 0 Å². The van der Waals surface area contributed by atoms with E-state index in [0.29, 0.717) is 25.7 Å². The zero-order valence-electron chi connectivity index (χ0n) is 19.9. The first-order valence-corrected chi connectivity index (χ1v) is 13.7. The Balaban J connectivity index is 1.48. The van der Waals surface area contributed by atoms with Gasteiger partial charge in [-0.25, -0.2) is 13.1 Å². The third kappa shape index (κ3) is 7.70. The van der Waals surface area contributed by atoms with Gasteiger partial charge in [-0.2, -0.15) is 0 Å². The monoisotopic (exact) mass is 467 g/mol. The second kappa shape index (κ2) is 12.3. The van der Waals surface area contributed by atoms with E-state index in [1.165, 1.54) is 5.56 Å². The van der Waals surface area contributed by atoms with Crippen molar-refractivity contribution in [3.63, 3.8) is 0 Å². The molecule has 1 aromatic carbocycles. The van der Waals surface area contributed by atoms with Gasteiger partial charge in [-0.1, -0.05) is 18.2 Å². The first kappa shape index (κ1) is 25.4. The van der Waals surface area contributed by atoms with Crippen LogP contribution in [0.1, 0.15) is 56.9 Å². The number of piperidine rings is 1. The maximum absolute atomic E-state index is 12.5. The SMILES string of the molecule is CCOc1ccccc1[C@H]1CC[C@@H](OC[C@@H]2NCCC[C@@H]2NS(=O)(=O)CCN(C)C)CC1. The lowest BCUT2D eigenvalue weighted by Crippen LogP contribution is -2.56. The van der Waals surface area contributed by atoms with Gasteiger partial charge in [-0.15, -0.1) is 0 Å². The lowest BCUT2D eigenvalue weighted by Gasteiger charge is -2.35. The quantitative estimate of drug-likeness (QED) is 0.521. The Hall–Kier alpha value is -1.19. The molecule has 3 rings (SSSR count). The van der Waals surface area contributed by atoms with Crippen LogP contribution < -0.4 is 14.8 Å². The zero-order valence-corrected chi connectivity index (χ0v) is 20.7. The van der Waals surface area contributed by atoms with Gasteiger partial charge in [0.15, 0.2) is 0 Å². The molecule has 0 amide bonds. The number of benzene rings is 1. The van der Waals surface area contributed by atoms with Crippen molar-refractivity contribution in [2.45, 2.75) is 69.6 Å². The van der Waals surface area contributed by atoms with E-state index in [1.54, 1.807) is 0 Å². The predicted molar refractivity (Wildman–Crippen MR) is 129 cm³/mol. The summed E-state index contributed by atoms with van der Waals surface area (Å²) in [6.07, 6.45) is 6.29. The highest BCUT2D eigenvalue weighted by Crippen LogP contribution is 2.38. The van der Waals surface area contributed by atoms with Gasteiger partial charge in [0.05, 0.1) is 25.1 Å². The summed E-state index contributed by atoms with van der Waals surface area (Å²) in [5.41, 5.74) is 1.31. The molecule has 0 bridgehead atoms. The number of rotatable bonds is 11. The molecule has 1 aliphatic heterocycles. The summed E-state index contributed by atoms with van der Waals surface area (Å²) < 4.78 is 40.0. The van der Waals surface area contributed by atoms with E-state index in [1.807, 2.05) is 32.0 Å². The van der Waals surface area contributed by atoms with Crippen molar-refractivity contribution in [1.29, 1.82) is 0 Å². The molecule has 1 saturated carbocycles. The number of sulfonamides is 1. The zero-order chi connectivity index (χ0) is 23.0. The molecule has 1 aliphatic carbocycles. The van der Waals surface area contributed by atoms with E-state index in [4.69, 9.17) is 9.47 Å². The smallest absolute Gasteiger partial charge is 0.213 e. The second-order valence-corrected chi connectivity index (χ2v) is 11.2. The topological polar surface area (TPSA) is 79.9 Å². The van der Waals surface area contributed by atoms with Gasteiger partial charge in [0, 0.05) is 18.6 Å². The summed E-state index contributed by atoms with van der Waals surface area (Å²) in [7, 11) is 0.477. The van der Waals surface area contributed by atoms with Crippen LogP contribution in [0.5, 0.6) is 5.75 Å². The molecule has 1 heterocycles. The Morgan fingerprint density at radius 1 is 1.12 bits per heavy atom. The molecule has 2 aliphatic rings. The van der Waals surface area contributed by atoms with Crippen molar-refractivity contribution in [3.05, 3.63) is 29.8 Å². The molecule has 0 radical (unpaired) electrons. The summed E-state index contributed by atoms with van der Waals surface area (Å²) in [6.45, 7) is 4.68. The molecular formula is C24H41N3O4S. The van der Waals surface area contributed by atoms with Crippen LogP contribution >= 0.6 is 0 Å². The Morgan fingerprint density at radius 3 is 2.59 bits per heavy atom. The van der Waals surface area contributed by atoms with Crippen LogP contribution in [-0.4, -0.2) is 77.7 Å². The van der Waals surface area contributed by atoms with E-state index in [-0.39, 0.29) is 23.9 Å². The van der Waals surface area contributed by atoms with Crippen molar-refractivity contribution < 1.29 is 17.9 Å². The fourth-order valence-corrected chi connectivity index (χ4v) is 6.21. The molecule has 1 aromatic rings. The third-order valence-corrected chi connectivity index (χ3v) is 7.95. The van der Waals surface area contributed by atoms with E-state index in [9.17, 15) is 8.42 Å². The summed E-state index contributed by atoms with van der Waals surface area (Å²) in [4.78, 5) is 1.89. The Kier molecular flexibility index (Phi) is 9.79. The molecule has 0 aromatic heterocycles. The number of ether oxygens (including phenoxy) is 2. The van der Waals surface area contributed by atoms with E-state index in [0.717, 1.165) is 50.8 Å². The fourth-order valence-electron chi connectivity index (χ4n) is 4.75. The summed E-state index contributed by atoms with van der Waals surface area (Å²) in [5, 5.41) is 3.47. The average molecular weight is 468 g/mol. The lowest BCUT2D eigenvalue weighted by molar-refractivity contribution is 0.00510. The number of nitrogens with zero attached hydrogens (tertiary/aromatic N) is 1. The van der Waals surface area contributed by atoms with Crippen LogP contribution in [-0.2, 0) is 14.8 Å². The minimum Gasteiger partial charge on any atom is -0.494 e. The maximum Gasteiger partial charge on any atom is 0.213 e. The minimum absolute atomic E-state index is 0.0225. The minimum atomic E-state index is -3.30. The van der Waals surface area contributed by atoms with Crippen LogP contribution in [0.15, 0.2) is 24.3 Å². The molecule has 2 atom stereocenters. The Morgan fingerprint density at radius 2 is 1.88 bits per heavy atom. The van der Waals surface area contributed by atoms with Crippen LogP contribution in [0.25, 0.3) is 0 Å². The Bertz CT molecular complexity index is 794. The van der Waals surface area contributed by atoms with Gasteiger partial charge in [0.1, 0.15) is 5.75 Å². The average Bonchev–Trinajstić information content (AvgIpc) is 2.78. The molecule has 182 valence electrons. The number of nitrogens with one attached hydrogen (secondary N) is 2. The summed E-state index contributed by atoms with van der Waals surface area (Å²) >= 11 is 0. The molecule has 2 N–H and O–H groups in total. The maximum atomic E-state index is 12.5. The number of hydrogen-bond donors (Lipinski definition) is 2. The molecule has 0 unspecified atom stereocenters. The lowest BCUT2D eigenvalue weighted by atomic mass is 9.82. The molecule has 1 saturated heterocycles. The standard InChI is InChI=1S/C24H41N3O4S/c1-4-30-24-10-6-5-8-21(24)19-11-13-20(14-12-19)31-18-23-22(9-7-15-25-23)26-32(28,29)17-16-27(2)3/h5-6,8,10,19-20,22-23,25-26H,4,7,9,11-18H2,1-3H3/t19-,20+,22-,23-/m0/s1. The Labute approximate surface area is 194 Å². The van der Waals surface area contributed by atoms with Gasteiger partial charge < -0.3 is 19.7 Å². The van der Waals surface area contributed by atoms with Gasteiger partial charge in [-0.3, -0.25) is 0 Å². The first-order chi connectivity index (χ1) is 15.4. The van der Waals surface area contributed by atoms with Crippen molar-refractivity contribution in [3.8, 4) is 5.75 Å². The van der Waals surface area contributed by atoms with Crippen LogP contribution in [0, 0.1) is 0 Å². The van der Waals surface area contributed by atoms with E-state index < -0.39 is 10.0 Å². The summed E-state index contributed by atoms with van der Waals surface area (Å²) in [5.74, 6) is 1.65. The van der Waals surface area contributed by atoms with E-state index in [2.05, 4.69) is 28.2 Å². The van der Waals surface area contributed by atoms with Crippen molar-refractivity contribution in [2.24, 2.45) is 0 Å². The van der Waals surface area contributed by atoms with Crippen molar-refractivity contribution in [2.75, 3.05) is 46.2 Å². The molecule has 2 fully saturated rings. The van der Waals surface area contributed by atoms with Crippen LogP contribution in [0.2, 0.25) is 0 Å². The molecule has 0 spiro atoms. The molecule has 7 nitrogen and oxygen atoms in total. The summed E-state index contributed by atoms with van der Waals surface area (Å²) in [6, 6.07) is 8.30. The predicted octanol–water partition coefficient (Wildman–Crippen LogP) is 2.73. The third-order valence-electron chi connectivity index (χ3n) is 6.57. The highest BCUT2D eigenvalue weighted by atomic mass is 32.2. The molecule has 32 heavy (non-hydrogen) atoms. The second-order valence-electron chi connectivity index (χ2n) is 9.33. The normalized spacial score (nSPS) is 26.9. The van der Waals surface area contributed by atoms with Crippen LogP contribution in [0.4, 0.5) is 0 Å².